The lowest BCUT2D eigenvalue weighted by Gasteiger charge is -2.34. The van der Waals surface area contributed by atoms with Crippen LogP contribution in [0.15, 0.2) is 24.3 Å². The highest BCUT2D eigenvalue weighted by atomic mass is 16.5. The first-order valence-corrected chi connectivity index (χ1v) is 5.77. The molecule has 2 atom stereocenters. The first-order chi connectivity index (χ1) is 14.6. The number of methoxy groups -OCH3 is 2. The molecule has 4 heteroatoms. The Bertz CT molecular complexity index is 992. The fourth-order valence-corrected chi connectivity index (χ4v) is 1.51. The summed E-state index contributed by atoms with van der Waals surface area (Å²) in [4.78, 5) is 11.5. The molecule has 4 nitrogen and oxygen atoms in total. The topological polar surface area (TPSA) is 55.8 Å². The Labute approximate surface area is 141 Å². The van der Waals surface area contributed by atoms with E-state index in [2.05, 4.69) is 15.4 Å². The summed E-state index contributed by atoms with van der Waals surface area (Å²) in [6.07, 6.45) is -19.4. The number of ether oxygens (including phenoxy) is 2. The largest absolute Gasteiger partial charge is 0.465 e. The number of esters is 1. The zero-order valence-electron chi connectivity index (χ0n) is 23.0. The van der Waals surface area contributed by atoms with Crippen LogP contribution in [-0.2, 0) is 9.47 Å². The van der Waals surface area contributed by atoms with E-state index in [0.29, 0.717) is 0 Å². The van der Waals surface area contributed by atoms with E-state index in [1.54, 1.807) is 0 Å². The first-order valence-electron chi connectivity index (χ1n) is 11.8. The van der Waals surface area contributed by atoms with Gasteiger partial charge in [0, 0.05) is 23.6 Å². The third-order valence-corrected chi connectivity index (χ3v) is 2.61. The minimum atomic E-state index is -3.96. The number of carbonyl (C=O) groups is 1. The van der Waals surface area contributed by atoms with Crippen LogP contribution in [0.1, 0.15) is 57.9 Å². The van der Waals surface area contributed by atoms with Gasteiger partial charge in [-0.05, 0) is 43.4 Å². The fourth-order valence-electron chi connectivity index (χ4n) is 1.51. The molecule has 1 aromatic rings. The van der Waals surface area contributed by atoms with Gasteiger partial charge in [0.05, 0.1) is 24.2 Å². The van der Waals surface area contributed by atoms with Crippen LogP contribution in [0.3, 0.4) is 0 Å². The Morgan fingerprint density at radius 1 is 1.52 bits per heavy atom. The van der Waals surface area contributed by atoms with E-state index in [0.717, 1.165) is 7.11 Å². The summed E-state index contributed by atoms with van der Waals surface area (Å²) in [5.74, 6) is 3.36. The summed E-state index contributed by atoms with van der Waals surface area (Å²) in [6.45, 7) is 0. The fraction of sp³-hybridized carbons (Fsp3) is 0.471. The second-order valence-corrected chi connectivity index (χ2v) is 3.96. The van der Waals surface area contributed by atoms with E-state index in [4.69, 9.17) is 16.4 Å². The molecule has 0 aromatic heterocycles. The predicted molar refractivity (Wildman–Crippen MR) is 78.9 cm³/mol. The average Bonchev–Trinajstić information content (AvgIpc) is 2.68. The zero-order chi connectivity index (χ0) is 25.9. The summed E-state index contributed by atoms with van der Waals surface area (Å²) < 4.78 is 103. The van der Waals surface area contributed by atoms with Crippen LogP contribution in [0.2, 0.25) is 0 Å². The summed E-state index contributed by atoms with van der Waals surface area (Å²) in [5.41, 5.74) is -3.73. The maximum Gasteiger partial charge on any atom is 0.337 e. The lowest BCUT2D eigenvalue weighted by Crippen LogP contribution is -2.44. The Morgan fingerprint density at radius 2 is 2.29 bits per heavy atom. The molecule has 0 heterocycles. The highest BCUT2D eigenvalue weighted by Crippen LogP contribution is 2.30. The smallest absolute Gasteiger partial charge is 0.337 e. The van der Waals surface area contributed by atoms with Gasteiger partial charge in [-0.15, -0.1) is 0 Å². The van der Waals surface area contributed by atoms with Gasteiger partial charge in [-0.1, -0.05) is 18.2 Å². The predicted octanol–water partition coefficient (Wildman–Crippen LogP) is 2.14. The summed E-state index contributed by atoms with van der Waals surface area (Å²) >= 11 is 0. The van der Waals surface area contributed by atoms with Gasteiger partial charge in [-0.25, -0.2) is 4.79 Å². The monoisotopic (exact) mass is 300 g/mol. The van der Waals surface area contributed by atoms with Crippen molar-refractivity contribution in [1.82, 2.24) is 0 Å². The second-order valence-electron chi connectivity index (χ2n) is 3.96. The van der Waals surface area contributed by atoms with Gasteiger partial charge < -0.3 is 14.6 Å². The summed E-state index contributed by atoms with van der Waals surface area (Å²) in [6, 6.07) is 4.94. The van der Waals surface area contributed by atoms with Gasteiger partial charge in [0.15, 0.2) is 5.60 Å². The Kier molecular flexibility index (Phi) is 1.97. The van der Waals surface area contributed by atoms with Crippen molar-refractivity contribution in [3.8, 4) is 11.8 Å². The molecular formula is C17H20O4. The van der Waals surface area contributed by atoms with E-state index in [1.807, 2.05) is 5.92 Å². The molecule has 1 N–H and O–H groups in total. The van der Waals surface area contributed by atoms with Crippen molar-refractivity contribution in [1.29, 1.82) is 0 Å². The molecule has 0 radical (unpaired) electrons. The maximum atomic E-state index is 11.5. The molecule has 2 rings (SSSR count). The number of hydrogen-bond acceptors (Lipinski definition) is 4. The van der Waals surface area contributed by atoms with Crippen LogP contribution in [0.25, 0.3) is 0 Å². The van der Waals surface area contributed by atoms with Crippen LogP contribution in [0.5, 0.6) is 0 Å². The quantitative estimate of drug-likeness (QED) is 0.671. The molecule has 1 aliphatic carbocycles. The highest BCUT2D eigenvalue weighted by Gasteiger charge is 2.37. The van der Waals surface area contributed by atoms with E-state index < -0.39 is 50.2 Å². The lowest BCUT2D eigenvalue weighted by molar-refractivity contribution is -0.0795. The van der Waals surface area contributed by atoms with Crippen molar-refractivity contribution in [3.63, 3.8) is 0 Å². The number of benzene rings is 1. The molecule has 0 aliphatic heterocycles. The SMILES string of the molecule is [2H]C([2H])([2H])OC1([2H])C([2H])([2H])C([2H])([2H])C([2H])([2H])C([2H])([2H])C1(O)C#Cc1ccc(C(=O)OC)cc1. The van der Waals surface area contributed by atoms with Crippen molar-refractivity contribution in [2.24, 2.45) is 0 Å². The molecule has 112 valence electrons. The van der Waals surface area contributed by atoms with Crippen molar-refractivity contribution >= 4 is 5.97 Å². The van der Waals surface area contributed by atoms with Crippen LogP contribution >= 0.6 is 0 Å². The number of hydrogen-bond donors (Lipinski definition) is 1. The molecule has 1 aliphatic rings. The summed E-state index contributed by atoms with van der Waals surface area (Å²) in [5, 5.41) is 11.2. The Balaban J connectivity index is 2.80. The normalized spacial score (nSPS) is 47.0. The summed E-state index contributed by atoms with van der Waals surface area (Å²) in [7, 11) is -2.47. The van der Waals surface area contributed by atoms with Gasteiger partial charge in [0.2, 0.25) is 0 Å². The number of carbonyl (C=O) groups excluding carboxylic acids is 1. The number of rotatable bonds is 2. The molecular weight excluding hydrogens is 268 g/mol. The van der Waals surface area contributed by atoms with Crippen molar-refractivity contribution in [2.75, 3.05) is 14.1 Å². The van der Waals surface area contributed by atoms with E-state index in [-0.39, 0.29) is 11.1 Å². The number of aliphatic hydroxyl groups is 1. The molecule has 2 unspecified atom stereocenters. The Morgan fingerprint density at radius 3 is 2.95 bits per heavy atom. The van der Waals surface area contributed by atoms with E-state index >= 15 is 0 Å². The van der Waals surface area contributed by atoms with Gasteiger partial charge >= 0.3 is 5.97 Å². The molecule has 1 fully saturated rings. The Hall–Kier alpha value is -1.83. The molecule has 1 aromatic carbocycles. The minimum absolute atomic E-state index is 0.0159. The van der Waals surface area contributed by atoms with Crippen molar-refractivity contribution in [3.05, 3.63) is 35.4 Å². The van der Waals surface area contributed by atoms with Crippen LogP contribution < -0.4 is 0 Å². The standard InChI is InChI=1S/C17H20O4/c1-20-15-5-3-4-11-17(15,19)12-10-13-6-8-14(9-7-13)16(18)21-2/h6-9,15,19H,3-5,11H2,1-2H3/i1D3,3D2,4D2,5D2,11D2,15D. The van der Waals surface area contributed by atoms with Gasteiger partial charge in [-0.2, -0.15) is 0 Å². The van der Waals surface area contributed by atoms with Crippen molar-refractivity contribution < 1.29 is 35.8 Å². The minimum Gasteiger partial charge on any atom is -0.465 e. The van der Waals surface area contributed by atoms with Crippen LogP contribution in [-0.4, -0.2) is 36.9 Å². The zero-order valence-corrected chi connectivity index (χ0v) is 11.0. The van der Waals surface area contributed by atoms with Crippen LogP contribution in [0, 0.1) is 11.8 Å². The second kappa shape index (κ2) is 6.75. The molecule has 21 heavy (non-hydrogen) atoms. The van der Waals surface area contributed by atoms with Crippen LogP contribution in [0.4, 0.5) is 0 Å². The maximum absolute atomic E-state index is 11.5. The average molecular weight is 300 g/mol. The first kappa shape index (κ1) is 6.12. The third kappa shape index (κ3) is 3.63. The van der Waals surface area contributed by atoms with E-state index in [9.17, 15) is 9.90 Å². The van der Waals surface area contributed by atoms with Gasteiger partial charge in [0.25, 0.3) is 0 Å². The molecule has 0 saturated heterocycles. The third-order valence-electron chi connectivity index (χ3n) is 2.61. The molecule has 0 bridgehead atoms. The van der Waals surface area contributed by atoms with Crippen molar-refractivity contribution in [2.45, 2.75) is 37.2 Å². The highest BCUT2D eigenvalue weighted by molar-refractivity contribution is 5.89. The molecule has 1 saturated carbocycles. The lowest BCUT2D eigenvalue weighted by atomic mass is 9.82. The molecule has 0 amide bonds. The molecule has 0 spiro atoms. The van der Waals surface area contributed by atoms with E-state index in [1.165, 1.54) is 24.3 Å². The van der Waals surface area contributed by atoms with Gasteiger partial charge in [-0.3, -0.25) is 0 Å². The van der Waals surface area contributed by atoms with Gasteiger partial charge in [0.1, 0.15) is 0 Å².